The molecule has 3 rings (SSSR count). The second-order valence-corrected chi connectivity index (χ2v) is 6.58. The number of hydrogen-bond donors (Lipinski definition) is 1. The van der Waals surface area contributed by atoms with Gasteiger partial charge in [0.2, 0.25) is 0 Å². The summed E-state index contributed by atoms with van der Waals surface area (Å²) in [6, 6.07) is 7.11. The van der Waals surface area contributed by atoms with Crippen molar-refractivity contribution in [2.75, 3.05) is 25.0 Å². The summed E-state index contributed by atoms with van der Waals surface area (Å²) in [5, 5.41) is 6.72. The Labute approximate surface area is 131 Å². The maximum atomic E-state index is 4.81. The summed E-state index contributed by atoms with van der Waals surface area (Å²) in [6.07, 6.45) is 2.42. The number of rotatable bonds is 4. The van der Waals surface area contributed by atoms with Crippen molar-refractivity contribution in [1.29, 1.82) is 0 Å². The van der Waals surface area contributed by atoms with Gasteiger partial charge in [0.1, 0.15) is 5.01 Å². The molecule has 1 atom stereocenters. The van der Waals surface area contributed by atoms with Crippen molar-refractivity contribution < 1.29 is 0 Å². The van der Waals surface area contributed by atoms with Crippen LogP contribution in [0.25, 0.3) is 10.6 Å². The maximum Gasteiger partial charge on any atom is 0.123 e. The highest BCUT2D eigenvalue weighted by molar-refractivity contribution is 7.13. The summed E-state index contributed by atoms with van der Waals surface area (Å²) in [4.78, 5) is 7.16. The highest BCUT2D eigenvalue weighted by atomic mass is 32.1. The average Bonchev–Trinajstić information content (AvgIpc) is 2.97. The van der Waals surface area contributed by atoms with E-state index in [0.29, 0.717) is 6.04 Å². The van der Waals surface area contributed by atoms with Crippen molar-refractivity contribution in [3.05, 3.63) is 34.8 Å². The number of nitrogens with zero attached hydrogens (tertiary/aromatic N) is 2. The van der Waals surface area contributed by atoms with Gasteiger partial charge in [-0.2, -0.15) is 0 Å². The van der Waals surface area contributed by atoms with Gasteiger partial charge in [0.05, 0.1) is 5.69 Å². The number of thiazole rings is 1. The fraction of sp³-hybridized carbons (Fsp3) is 0.471. The Morgan fingerprint density at radius 3 is 3.10 bits per heavy atom. The summed E-state index contributed by atoms with van der Waals surface area (Å²) in [5.74, 6) is 0. The molecule has 1 unspecified atom stereocenters. The Kier molecular flexibility index (Phi) is 4.27. The van der Waals surface area contributed by atoms with E-state index in [1.165, 1.54) is 29.7 Å². The predicted molar refractivity (Wildman–Crippen MR) is 91.2 cm³/mol. The molecule has 1 N–H and O–H groups in total. The molecule has 112 valence electrons. The summed E-state index contributed by atoms with van der Waals surface area (Å²) < 4.78 is 0. The van der Waals surface area contributed by atoms with Gasteiger partial charge < -0.3 is 10.2 Å². The molecule has 1 aromatic heterocycles. The molecule has 1 aromatic carbocycles. The van der Waals surface area contributed by atoms with Crippen LogP contribution in [0.15, 0.2) is 23.6 Å². The minimum absolute atomic E-state index is 0.323. The van der Waals surface area contributed by atoms with Gasteiger partial charge in [-0.3, -0.25) is 0 Å². The Hall–Kier alpha value is -1.39. The molecule has 1 aliphatic rings. The zero-order chi connectivity index (χ0) is 14.8. The predicted octanol–water partition coefficient (Wildman–Crippen LogP) is 3.86. The fourth-order valence-corrected chi connectivity index (χ4v) is 3.86. The molecule has 0 fully saturated rings. The van der Waals surface area contributed by atoms with Crippen LogP contribution < -0.4 is 10.2 Å². The number of anilines is 1. The van der Waals surface area contributed by atoms with Crippen molar-refractivity contribution in [3.8, 4) is 10.6 Å². The molecular formula is C17H23N3S. The molecule has 3 nitrogen and oxygen atoms in total. The highest BCUT2D eigenvalue weighted by Gasteiger charge is 2.16. The van der Waals surface area contributed by atoms with E-state index in [4.69, 9.17) is 4.98 Å². The molecule has 0 aliphatic carbocycles. The van der Waals surface area contributed by atoms with Crippen LogP contribution in [0.3, 0.4) is 0 Å². The first-order valence-corrected chi connectivity index (χ1v) is 8.60. The summed E-state index contributed by atoms with van der Waals surface area (Å²) in [5.41, 5.74) is 5.23. The summed E-state index contributed by atoms with van der Waals surface area (Å²) in [6.45, 7) is 6.43. The lowest BCUT2D eigenvalue weighted by molar-refractivity contribution is 0.587. The first-order valence-electron chi connectivity index (χ1n) is 7.72. The molecule has 0 amide bonds. The van der Waals surface area contributed by atoms with Gasteiger partial charge in [-0.15, -0.1) is 11.3 Å². The Bertz CT molecular complexity index is 620. The van der Waals surface area contributed by atoms with Gasteiger partial charge in [-0.05, 0) is 50.1 Å². The molecule has 2 heterocycles. The lowest BCUT2D eigenvalue weighted by Crippen LogP contribution is -2.24. The quantitative estimate of drug-likeness (QED) is 0.929. The summed E-state index contributed by atoms with van der Waals surface area (Å²) >= 11 is 1.74. The number of fused-ring (bicyclic) bond motifs is 1. The first kappa shape index (κ1) is 14.5. The van der Waals surface area contributed by atoms with Crippen LogP contribution in [0.4, 0.5) is 5.69 Å². The molecule has 0 spiro atoms. The van der Waals surface area contributed by atoms with Gasteiger partial charge in [-0.1, -0.05) is 6.92 Å². The molecule has 2 aromatic rings. The number of aromatic nitrogens is 1. The molecule has 0 saturated carbocycles. The van der Waals surface area contributed by atoms with Gasteiger partial charge in [-0.25, -0.2) is 4.98 Å². The third-order valence-electron chi connectivity index (χ3n) is 4.15. The second-order valence-electron chi connectivity index (χ2n) is 5.73. The minimum atomic E-state index is 0.323. The summed E-state index contributed by atoms with van der Waals surface area (Å²) in [7, 11) is 2.18. The normalized spacial score (nSPS) is 15.9. The largest absolute Gasteiger partial charge is 0.374 e. The lowest BCUT2D eigenvalue weighted by atomic mass is 10.00. The van der Waals surface area contributed by atoms with E-state index in [1.54, 1.807) is 11.3 Å². The van der Waals surface area contributed by atoms with Crippen LogP contribution in [0.1, 0.15) is 37.6 Å². The Morgan fingerprint density at radius 1 is 1.43 bits per heavy atom. The molecule has 4 heteroatoms. The van der Waals surface area contributed by atoms with E-state index in [2.05, 4.69) is 54.7 Å². The third-order valence-corrected chi connectivity index (χ3v) is 5.06. The monoisotopic (exact) mass is 301 g/mol. The third kappa shape index (κ3) is 2.97. The standard InChI is InChI=1S/C17H23N3S/c1-4-18-12(2)15-11-21-17(19-15)14-7-8-16-13(10-14)6-5-9-20(16)3/h7-8,10-12,18H,4-6,9H2,1-3H3. The van der Waals surface area contributed by atoms with E-state index in [0.717, 1.165) is 23.8 Å². The van der Waals surface area contributed by atoms with E-state index in [9.17, 15) is 0 Å². The molecule has 1 aliphatic heterocycles. The van der Waals surface area contributed by atoms with Crippen molar-refractivity contribution in [3.63, 3.8) is 0 Å². The van der Waals surface area contributed by atoms with E-state index < -0.39 is 0 Å². The first-order chi connectivity index (χ1) is 10.2. The van der Waals surface area contributed by atoms with Crippen LogP contribution in [-0.2, 0) is 6.42 Å². The van der Waals surface area contributed by atoms with Crippen LogP contribution in [-0.4, -0.2) is 25.1 Å². The zero-order valence-electron chi connectivity index (χ0n) is 13.0. The van der Waals surface area contributed by atoms with Crippen LogP contribution in [0.2, 0.25) is 0 Å². The Morgan fingerprint density at radius 2 is 2.29 bits per heavy atom. The van der Waals surface area contributed by atoms with Crippen molar-refractivity contribution >= 4 is 17.0 Å². The molecule has 0 saturated heterocycles. The van der Waals surface area contributed by atoms with Crippen molar-refractivity contribution in [2.24, 2.45) is 0 Å². The second kappa shape index (κ2) is 6.16. The van der Waals surface area contributed by atoms with Crippen molar-refractivity contribution in [2.45, 2.75) is 32.7 Å². The van der Waals surface area contributed by atoms with Crippen LogP contribution >= 0.6 is 11.3 Å². The zero-order valence-corrected chi connectivity index (χ0v) is 13.8. The van der Waals surface area contributed by atoms with Gasteiger partial charge >= 0.3 is 0 Å². The van der Waals surface area contributed by atoms with Crippen LogP contribution in [0.5, 0.6) is 0 Å². The van der Waals surface area contributed by atoms with E-state index in [-0.39, 0.29) is 0 Å². The average molecular weight is 301 g/mol. The minimum Gasteiger partial charge on any atom is -0.374 e. The van der Waals surface area contributed by atoms with Gasteiger partial charge in [0.25, 0.3) is 0 Å². The van der Waals surface area contributed by atoms with Gasteiger partial charge in [0.15, 0.2) is 0 Å². The topological polar surface area (TPSA) is 28.2 Å². The number of aryl methyl sites for hydroxylation is 1. The highest BCUT2D eigenvalue weighted by Crippen LogP contribution is 2.32. The number of benzene rings is 1. The Balaban J connectivity index is 1.87. The van der Waals surface area contributed by atoms with Gasteiger partial charge in [0, 0.05) is 36.3 Å². The molecule has 21 heavy (non-hydrogen) atoms. The van der Waals surface area contributed by atoms with Crippen molar-refractivity contribution in [1.82, 2.24) is 10.3 Å². The smallest absolute Gasteiger partial charge is 0.123 e. The molecule has 0 radical (unpaired) electrons. The van der Waals surface area contributed by atoms with E-state index in [1.807, 2.05) is 0 Å². The lowest BCUT2D eigenvalue weighted by Gasteiger charge is -2.27. The fourth-order valence-electron chi connectivity index (χ4n) is 2.95. The molecular weight excluding hydrogens is 278 g/mol. The van der Waals surface area contributed by atoms with E-state index >= 15 is 0 Å². The maximum absolute atomic E-state index is 4.81. The molecule has 0 bridgehead atoms. The van der Waals surface area contributed by atoms with Crippen LogP contribution in [0, 0.1) is 0 Å². The SMILES string of the molecule is CCNC(C)c1csc(-c2ccc3c(c2)CCCN3C)n1. The number of hydrogen-bond acceptors (Lipinski definition) is 4. The number of nitrogens with one attached hydrogen (secondary N) is 1.